The smallest absolute Gasteiger partial charge is 0.306 e. The van der Waals surface area contributed by atoms with E-state index < -0.39 is 81.7 Å². The van der Waals surface area contributed by atoms with Crippen molar-refractivity contribution < 1.29 is 57.2 Å². The van der Waals surface area contributed by atoms with Gasteiger partial charge in [-0.2, -0.15) is 0 Å². The van der Waals surface area contributed by atoms with E-state index in [1.165, 1.54) is 50.6 Å². The summed E-state index contributed by atoms with van der Waals surface area (Å²) in [6, 6.07) is 8.72. The summed E-state index contributed by atoms with van der Waals surface area (Å²) >= 11 is 0. The fraction of sp³-hybridized carbons (Fsp3) is 0.235. The number of aliphatic hydroxyl groups is 2. The number of hydrogen-bond acceptors (Lipinski definition) is 14. The summed E-state index contributed by atoms with van der Waals surface area (Å²) in [5, 5.41) is 22.6. The van der Waals surface area contributed by atoms with E-state index in [0.29, 0.717) is 11.5 Å². The lowest BCUT2D eigenvalue weighted by atomic mass is 9.76. The standard InChI is InChI=1S/C34H28O14/c1-43-15-5-7-23-19(9-15)29(37)21(13-47-23)17(11-25(35)45-3)27-31(39)33(41)28(34(42)32(27)40)18(12-26(36)46-4)22-14-48-24-8-6-16(44-2)10-20(24)30(22)38/h5-10,13-14,17-18,39,42H,11-12H2,1-4H3/t17-,18-/m1/s1. The van der Waals surface area contributed by atoms with E-state index in [1.807, 2.05) is 0 Å². The molecule has 2 heterocycles. The largest absolute Gasteiger partial charge is 0.504 e. The third-order valence-electron chi connectivity index (χ3n) is 8.09. The van der Waals surface area contributed by atoms with Crippen molar-refractivity contribution in [2.45, 2.75) is 24.7 Å². The number of aliphatic hydroxyl groups excluding tert-OH is 2. The molecule has 0 fully saturated rings. The summed E-state index contributed by atoms with van der Waals surface area (Å²) in [4.78, 5) is 80.2. The zero-order valence-electron chi connectivity index (χ0n) is 26.0. The molecule has 2 N–H and O–H groups in total. The molecule has 1 aliphatic rings. The highest BCUT2D eigenvalue weighted by Crippen LogP contribution is 2.40. The van der Waals surface area contributed by atoms with Crippen LogP contribution in [0.5, 0.6) is 11.5 Å². The Kier molecular flexibility index (Phi) is 9.18. The van der Waals surface area contributed by atoms with Crippen molar-refractivity contribution >= 4 is 45.4 Å². The van der Waals surface area contributed by atoms with Crippen LogP contribution in [0, 0.1) is 0 Å². The van der Waals surface area contributed by atoms with Crippen molar-refractivity contribution in [3.63, 3.8) is 0 Å². The van der Waals surface area contributed by atoms with Crippen LogP contribution < -0.4 is 20.3 Å². The molecule has 0 bridgehead atoms. The second-order valence-electron chi connectivity index (χ2n) is 10.6. The maximum absolute atomic E-state index is 13.9. The average Bonchev–Trinajstić information content (AvgIpc) is 3.10. The van der Waals surface area contributed by atoms with Gasteiger partial charge in [-0.25, -0.2) is 0 Å². The average molecular weight is 661 g/mol. The highest BCUT2D eigenvalue weighted by atomic mass is 16.5. The van der Waals surface area contributed by atoms with Gasteiger partial charge in [-0.05, 0) is 36.4 Å². The van der Waals surface area contributed by atoms with Crippen LogP contribution in [-0.4, -0.2) is 62.2 Å². The Balaban J connectivity index is 1.69. The number of ketones is 2. The number of ether oxygens (including phenoxy) is 4. The monoisotopic (exact) mass is 660 g/mol. The first-order valence-electron chi connectivity index (χ1n) is 14.2. The topological polar surface area (TPSA) is 206 Å². The van der Waals surface area contributed by atoms with Crippen molar-refractivity contribution in [1.29, 1.82) is 0 Å². The maximum atomic E-state index is 13.9. The molecule has 14 heteroatoms. The van der Waals surface area contributed by atoms with Gasteiger partial charge in [0.1, 0.15) is 22.7 Å². The number of carbonyl (C=O) groups excluding carboxylic acids is 4. The molecule has 4 aromatic rings. The molecule has 14 nitrogen and oxygen atoms in total. The summed E-state index contributed by atoms with van der Waals surface area (Å²) in [7, 11) is 4.85. The molecule has 0 saturated heterocycles. The Hall–Kier alpha value is -6.18. The van der Waals surface area contributed by atoms with E-state index in [-0.39, 0.29) is 33.1 Å². The Morgan fingerprint density at radius 2 is 1.02 bits per heavy atom. The Bertz CT molecular complexity index is 2030. The number of methoxy groups -OCH3 is 4. The van der Waals surface area contributed by atoms with E-state index >= 15 is 0 Å². The normalized spacial score (nSPS) is 14.7. The fourth-order valence-corrected chi connectivity index (χ4v) is 5.58. The third kappa shape index (κ3) is 5.79. The molecule has 48 heavy (non-hydrogen) atoms. The summed E-state index contributed by atoms with van der Waals surface area (Å²) in [5.74, 6) is -9.79. The summed E-state index contributed by atoms with van der Waals surface area (Å²) in [5.41, 5.74) is -3.47. The van der Waals surface area contributed by atoms with Gasteiger partial charge in [-0.3, -0.25) is 28.8 Å². The van der Waals surface area contributed by atoms with E-state index in [0.717, 1.165) is 26.7 Å². The molecule has 2 aromatic heterocycles. The van der Waals surface area contributed by atoms with Gasteiger partial charge >= 0.3 is 11.9 Å². The van der Waals surface area contributed by atoms with Gasteiger partial charge < -0.3 is 38.0 Å². The van der Waals surface area contributed by atoms with Crippen molar-refractivity contribution in [3.05, 3.63) is 103 Å². The van der Waals surface area contributed by atoms with Crippen molar-refractivity contribution in [2.75, 3.05) is 28.4 Å². The van der Waals surface area contributed by atoms with Crippen LogP contribution in [0.2, 0.25) is 0 Å². The first kappa shape index (κ1) is 33.2. The third-order valence-corrected chi connectivity index (χ3v) is 8.09. The van der Waals surface area contributed by atoms with Gasteiger partial charge in [0.25, 0.3) is 0 Å². The molecule has 248 valence electrons. The highest BCUT2D eigenvalue weighted by Gasteiger charge is 2.44. The molecule has 2 aromatic carbocycles. The van der Waals surface area contributed by atoms with Gasteiger partial charge in [0.05, 0.1) is 75.7 Å². The number of hydrogen-bond donors (Lipinski definition) is 2. The number of Topliss-reactive ketones (excluding diaryl/α,β-unsaturated/α-hetero) is 2. The van der Waals surface area contributed by atoms with Crippen molar-refractivity contribution in [2.24, 2.45) is 0 Å². The predicted molar refractivity (Wildman–Crippen MR) is 166 cm³/mol. The molecule has 0 spiro atoms. The Labute approximate surface area is 270 Å². The number of allylic oxidation sites excluding steroid dienone is 2. The molecule has 0 saturated carbocycles. The Morgan fingerprint density at radius 1 is 0.646 bits per heavy atom. The highest BCUT2D eigenvalue weighted by molar-refractivity contribution is 6.24. The molecule has 5 rings (SSSR count). The van der Waals surface area contributed by atoms with E-state index in [4.69, 9.17) is 27.8 Å². The number of benzene rings is 2. The quantitative estimate of drug-likeness (QED) is 0.184. The second kappa shape index (κ2) is 13.3. The second-order valence-corrected chi connectivity index (χ2v) is 10.6. The summed E-state index contributed by atoms with van der Waals surface area (Å²) in [6.45, 7) is 0. The molecule has 0 aliphatic heterocycles. The lowest BCUT2D eigenvalue weighted by Gasteiger charge is -2.26. The van der Waals surface area contributed by atoms with Crippen LogP contribution in [-0.2, 0) is 28.7 Å². The number of fused-ring (bicyclic) bond motifs is 2. The van der Waals surface area contributed by atoms with Crippen LogP contribution >= 0.6 is 0 Å². The molecule has 2 atom stereocenters. The van der Waals surface area contributed by atoms with Crippen molar-refractivity contribution in [3.8, 4) is 11.5 Å². The first-order chi connectivity index (χ1) is 22.9. The molecular formula is C34H28O14. The minimum absolute atomic E-state index is 0.00496. The van der Waals surface area contributed by atoms with Crippen LogP contribution in [0.4, 0.5) is 0 Å². The summed E-state index contributed by atoms with van der Waals surface area (Å²) < 4.78 is 31.0. The van der Waals surface area contributed by atoms with Gasteiger partial charge in [0.15, 0.2) is 22.4 Å². The lowest BCUT2D eigenvalue weighted by molar-refractivity contribution is -0.142. The predicted octanol–water partition coefficient (Wildman–Crippen LogP) is 3.69. The first-order valence-corrected chi connectivity index (χ1v) is 14.2. The van der Waals surface area contributed by atoms with Crippen LogP contribution in [0.25, 0.3) is 21.9 Å². The minimum atomic E-state index is -1.65. The van der Waals surface area contributed by atoms with Crippen molar-refractivity contribution in [1.82, 2.24) is 0 Å². The number of rotatable bonds is 10. The maximum Gasteiger partial charge on any atom is 0.306 e. The van der Waals surface area contributed by atoms with Gasteiger partial charge in [0, 0.05) is 23.0 Å². The molecule has 1 aliphatic carbocycles. The van der Waals surface area contributed by atoms with Gasteiger partial charge in [-0.1, -0.05) is 0 Å². The fourth-order valence-electron chi connectivity index (χ4n) is 5.58. The molecular weight excluding hydrogens is 632 g/mol. The zero-order valence-corrected chi connectivity index (χ0v) is 26.0. The SMILES string of the molecule is COC(=O)C[C@@H](C1=C(O)C(=O)C([C@H](CC(=O)OC)c2coc3ccc(OC)cc3c2=O)=C(O)C1=O)c1coc2ccc(OC)cc2c1=O. The van der Waals surface area contributed by atoms with Crippen LogP contribution in [0.15, 0.2) is 90.0 Å². The van der Waals surface area contributed by atoms with Gasteiger partial charge in [-0.15, -0.1) is 0 Å². The molecule has 0 unspecified atom stereocenters. The summed E-state index contributed by atoms with van der Waals surface area (Å²) in [6.07, 6.45) is 0.459. The molecule has 0 radical (unpaired) electrons. The number of carbonyl (C=O) groups is 4. The Morgan fingerprint density at radius 3 is 1.35 bits per heavy atom. The lowest BCUT2D eigenvalue weighted by Crippen LogP contribution is -2.33. The van der Waals surface area contributed by atoms with Crippen LogP contribution in [0.1, 0.15) is 35.8 Å². The minimum Gasteiger partial charge on any atom is -0.504 e. The zero-order chi connectivity index (χ0) is 34.9. The molecule has 0 amide bonds. The number of esters is 2. The van der Waals surface area contributed by atoms with Gasteiger partial charge in [0.2, 0.25) is 11.6 Å². The van der Waals surface area contributed by atoms with E-state index in [9.17, 15) is 39.0 Å². The van der Waals surface area contributed by atoms with E-state index in [2.05, 4.69) is 0 Å². The van der Waals surface area contributed by atoms with Crippen LogP contribution in [0.3, 0.4) is 0 Å². The van der Waals surface area contributed by atoms with E-state index in [1.54, 1.807) is 0 Å².